The molecule has 0 aliphatic heterocycles. The maximum Gasteiger partial charge on any atom is 0.141 e. The molecule has 12 nitrogen and oxygen atoms in total. The first-order chi connectivity index (χ1) is 23.3. The molecule has 0 atom stereocenters. The molecule has 0 aliphatic carbocycles. The first-order valence-electron chi connectivity index (χ1n) is 13.2. The van der Waals surface area contributed by atoms with Gasteiger partial charge in [0.2, 0.25) is 0 Å². The van der Waals surface area contributed by atoms with E-state index in [4.69, 9.17) is 27.8 Å². The Morgan fingerprint density at radius 2 is 1.35 bits per heavy atom. The highest BCUT2D eigenvalue weighted by Gasteiger charge is 2.19. The summed E-state index contributed by atoms with van der Waals surface area (Å²) in [5.74, 6) is 39.1. The van der Waals surface area contributed by atoms with Crippen LogP contribution in [0.4, 0.5) is 0 Å². The zero-order valence-corrected chi connectivity index (χ0v) is 26.3. The van der Waals surface area contributed by atoms with Gasteiger partial charge in [0.1, 0.15) is 11.0 Å². The van der Waals surface area contributed by atoms with Gasteiger partial charge in [-0.15, -0.1) is 17.8 Å². The number of terminal acetylenes is 2. The van der Waals surface area contributed by atoms with Gasteiger partial charge in [0.25, 0.3) is 0 Å². The van der Waals surface area contributed by atoms with E-state index >= 15 is 0 Å². The molecule has 3 aromatic heterocycles. The topological polar surface area (TPSA) is 163 Å². The van der Waals surface area contributed by atoms with Crippen LogP contribution >= 0.6 is 0 Å². The molecule has 0 fully saturated rings. The predicted octanol–water partition coefficient (Wildman–Crippen LogP) is 7.16. The van der Waals surface area contributed by atoms with Gasteiger partial charge in [0.15, 0.2) is 0 Å². The number of hydrogen-bond donors (Lipinski definition) is 2. The molecule has 4 aromatic rings. The fourth-order valence-corrected chi connectivity index (χ4v) is 3.94. The summed E-state index contributed by atoms with van der Waals surface area (Å²) in [4.78, 5) is 8.91. The molecule has 0 unspecified atom stereocenters. The number of aromatic nitrogens is 5. The van der Waals surface area contributed by atoms with Crippen molar-refractivity contribution in [3.8, 4) is 130 Å². The Hall–Kier alpha value is -8.05. The van der Waals surface area contributed by atoms with Gasteiger partial charge in [0.05, 0.1) is 23.1 Å². The Labute approximate surface area is 289 Å². The Bertz CT molecular complexity index is 2340. The van der Waals surface area contributed by atoms with Crippen LogP contribution in [-0.2, 0) is 7.05 Å². The van der Waals surface area contributed by atoms with Crippen LogP contribution in [0.2, 0.25) is 0 Å². The Morgan fingerprint density at radius 3 is 1.75 bits per heavy atom. The molecule has 2 N–H and O–H groups in total. The minimum Gasteiger partial charge on any atom is -0.361 e. The van der Waals surface area contributed by atoms with E-state index in [1.165, 1.54) is 0 Å². The number of nitrogens with one attached hydrogen (secondary N) is 2. The fraction of sp³-hybridized carbons (Fsp3) is 0.139. The molecule has 244 valence electrons. The minimum atomic E-state index is 0. The Kier molecular flexibility index (Phi) is 15.1. The first kappa shape index (κ1) is 36.1. The van der Waals surface area contributed by atoms with E-state index < -0.39 is 0 Å². The summed E-state index contributed by atoms with van der Waals surface area (Å²) in [5, 5.41) is 26.3. The van der Waals surface area contributed by atoms with Crippen molar-refractivity contribution in [2.24, 2.45) is 28.0 Å². The summed E-state index contributed by atoms with van der Waals surface area (Å²) in [6.07, 6.45) is 11.6. The number of hydrogen-bond acceptors (Lipinski definition) is 6. The van der Waals surface area contributed by atoms with Crippen LogP contribution < -0.4 is 0 Å². The summed E-state index contributed by atoms with van der Waals surface area (Å²) in [6.45, 7) is 8.02. The molecular formula is C36H38N10O2. The van der Waals surface area contributed by atoms with Crippen molar-refractivity contribution in [3.05, 3.63) is 46.1 Å². The zero-order chi connectivity index (χ0) is 35.1. The molecule has 12 heteroatoms. The number of fused-ring (bicyclic) bond motifs is 1. The lowest BCUT2D eigenvalue weighted by atomic mass is 9.95. The average Bonchev–Trinajstić information content (AvgIpc) is 3.76. The smallest absolute Gasteiger partial charge is 0.141 e. The number of benzene rings is 1. The third kappa shape index (κ3) is 10.9. The van der Waals surface area contributed by atoms with Crippen molar-refractivity contribution in [3.63, 3.8) is 0 Å². The number of rotatable bonds is 4. The Balaban J connectivity index is -0.000000136. The summed E-state index contributed by atoms with van der Waals surface area (Å²) in [5.41, 5.74) is 14.3. The second-order valence-corrected chi connectivity index (χ2v) is 8.63. The highest BCUT2D eigenvalue weighted by molar-refractivity contribution is 5.98. The second-order valence-electron chi connectivity index (χ2n) is 8.63. The maximum atomic E-state index is 8.91. The first-order valence-corrected chi connectivity index (χ1v) is 13.2. The lowest BCUT2D eigenvalue weighted by Crippen LogP contribution is -1.93. The van der Waals surface area contributed by atoms with Crippen molar-refractivity contribution in [1.82, 2.24) is 25.1 Å². The van der Waals surface area contributed by atoms with Gasteiger partial charge in [-0.2, -0.15) is 15.7 Å². The van der Waals surface area contributed by atoms with Crippen LogP contribution in [0.15, 0.2) is 43.8 Å². The zero-order valence-electron chi connectivity index (χ0n) is 26.3. The van der Waals surface area contributed by atoms with Crippen molar-refractivity contribution >= 4 is 10.9 Å². The maximum absolute atomic E-state index is 8.91. The van der Waals surface area contributed by atoms with Gasteiger partial charge in [-0.05, 0) is 151 Å². The second kappa shape index (κ2) is 20.0. The molecule has 0 spiro atoms. The van der Waals surface area contributed by atoms with Gasteiger partial charge in [0, 0.05) is 51.5 Å². The predicted molar refractivity (Wildman–Crippen MR) is 198 cm³/mol. The standard InChI is InChI=1S/C18H19N5O.C18H2.HN5O.8H2/c1-9-16(11(3)23(5)21-9)15-7-13(6-14-8-19-20-18(14)15)17-10(2)22-24-12(17)4;1-3-5-7-9-11-13-15-17-18-16-14-12-10-8-6-4-2;1-2-3-4-5-6;;;;;;;;/h6-8H,1-5H3,(H,19,20);1-2H;1H;8*1H/b;;2-1?,4-3+;;;;;;;;. The summed E-state index contributed by atoms with van der Waals surface area (Å²) < 4.78 is 7.26. The van der Waals surface area contributed by atoms with Crippen molar-refractivity contribution in [2.45, 2.75) is 27.7 Å². The van der Waals surface area contributed by atoms with E-state index in [1.807, 2.05) is 44.0 Å². The highest BCUT2D eigenvalue weighted by atomic mass is 16.5. The monoisotopic (exact) mass is 642 g/mol. The van der Waals surface area contributed by atoms with Crippen molar-refractivity contribution < 1.29 is 15.9 Å². The SMILES string of the molecule is C#CC#CC#CC#CC#CC#CC#CC#CC#C.Cc1noc(C)c1-c1cc(-c2c(C)nn(C)c2C)c2[nH]ncc2c1.N=N/N=N/N=O.[HH].[HH].[HH].[HH].[HH].[HH].[HH].[HH]. The van der Waals surface area contributed by atoms with Crippen LogP contribution in [0.5, 0.6) is 0 Å². The molecule has 48 heavy (non-hydrogen) atoms. The molecular weight excluding hydrogens is 604 g/mol. The lowest BCUT2D eigenvalue weighted by Gasteiger charge is -2.08. The van der Waals surface area contributed by atoms with Crippen LogP contribution in [0.3, 0.4) is 0 Å². The molecule has 3 heterocycles. The van der Waals surface area contributed by atoms with Crippen LogP contribution in [0.25, 0.3) is 33.2 Å². The summed E-state index contributed by atoms with van der Waals surface area (Å²) >= 11 is 0. The fourth-order valence-electron chi connectivity index (χ4n) is 3.94. The molecule has 0 amide bonds. The normalized spacial score (nSPS) is 8.23. The molecule has 1 aromatic carbocycles. The Morgan fingerprint density at radius 1 is 0.812 bits per heavy atom. The molecule has 0 bridgehead atoms. The van der Waals surface area contributed by atoms with E-state index in [0.717, 1.165) is 56.0 Å². The molecule has 4 rings (SSSR count). The summed E-state index contributed by atoms with van der Waals surface area (Å²) in [6, 6.07) is 4.29. The minimum absolute atomic E-state index is 0. The van der Waals surface area contributed by atoms with Crippen LogP contribution in [0, 0.1) is 146 Å². The van der Waals surface area contributed by atoms with Gasteiger partial charge >= 0.3 is 0 Å². The molecule has 0 saturated carbocycles. The third-order valence-electron chi connectivity index (χ3n) is 5.73. The van der Waals surface area contributed by atoms with E-state index in [-0.39, 0.29) is 11.4 Å². The number of aryl methyl sites for hydroxylation is 4. The molecule has 0 radical (unpaired) electrons. The highest BCUT2D eigenvalue weighted by Crippen LogP contribution is 2.37. The quantitative estimate of drug-likeness (QED) is 0.104. The van der Waals surface area contributed by atoms with E-state index in [0.29, 0.717) is 0 Å². The van der Waals surface area contributed by atoms with Crippen molar-refractivity contribution in [2.75, 3.05) is 0 Å². The average molecular weight is 643 g/mol. The third-order valence-corrected chi connectivity index (χ3v) is 5.73. The number of H-pyrrole nitrogens is 1. The van der Waals surface area contributed by atoms with E-state index in [2.05, 4.69) is 150 Å². The van der Waals surface area contributed by atoms with E-state index in [9.17, 15) is 0 Å². The van der Waals surface area contributed by atoms with Gasteiger partial charge < -0.3 is 4.52 Å². The molecule has 0 aliphatic rings. The van der Waals surface area contributed by atoms with Gasteiger partial charge in [-0.25, -0.2) is 0 Å². The van der Waals surface area contributed by atoms with E-state index in [1.54, 1.807) is 0 Å². The number of nitroso groups, excluding NO2 is 1. The van der Waals surface area contributed by atoms with Gasteiger partial charge in [-0.1, -0.05) is 5.16 Å². The number of nitrogens with zero attached hydrogens (tertiary/aromatic N) is 8. The van der Waals surface area contributed by atoms with Crippen LogP contribution in [-0.4, -0.2) is 25.1 Å². The molecule has 0 saturated heterocycles. The number of aromatic amines is 1. The van der Waals surface area contributed by atoms with Crippen molar-refractivity contribution in [1.29, 1.82) is 5.53 Å². The van der Waals surface area contributed by atoms with Gasteiger partial charge in [-0.3, -0.25) is 9.78 Å². The lowest BCUT2D eigenvalue weighted by molar-refractivity contribution is 0.393. The largest absolute Gasteiger partial charge is 0.361 e. The van der Waals surface area contributed by atoms with Crippen LogP contribution in [0.1, 0.15) is 34.3 Å². The summed E-state index contributed by atoms with van der Waals surface area (Å²) in [7, 11) is 1.97.